The van der Waals surface area contributed by atoms with Gasteiger partial charge in [-0.25, -0.2) is 22.0 Å². The fourth-order valence-corrected chi connectivity index (χ4v) is 3.36. The third kappa shape index (κ3) is 4.62. The molecule has 0 spiro atoms. The first-order valence-corrected chi connectivity index (χ1v) is 9.12. The molecule has 1 aromatic heterocycles. The molecule has 0 bridgehead atoms. The number of aryl methyl sites for hydroxylation is 1. The van der Waals surface area contributed by atoms with Crippen LogP contribution in [0.5, 0.6) is 0 Å². The number of furan rings is 1. The molecule has 0 saturated heterocycles. The van der Waals surface area contributed by atoms with E-state index in [1.165, 1.54) is 13.8 Å². The Kier molecular flexibility index (Phi) is 4.62. The second kappa shape index (κ2) is 5.54. The van der Waals surface area contributed by atoms with Gasteiger partial charge in [0.25, 0.3) is 5.91 Å². The van der Waals surface area contributed by atoms with E-state index in [0.29, 0.717) is 0 Å². The lowest BCUT2D eigenvalue weighted by molar-refractivity contribution is 0.0914. The van der Waals surface area contributed by atoms with Gasteiger partial charge in [-0.3, -0.25) is 4.79 Å². The minimum absolute atomic E-state index is 0.00610. The van der Waals surface area contributed by atoms with E-state index in [-0.39, 0.29) is 22.2 Å². The monoisotopic (exact) mass is 324 g/mol. The summed E-state index contributed by atoms with van der Waals surface area (Å²) < 4.78 is 49.6. The van der Waals surface area contributed by atoms with Crippen molar-refractivity contribution >= 4 is 25.8 Å². The molecule has 0 radical (unpaired) electrons. The molecule has 20 heavy (non-hydrogen) atoms. The Morgan fingerprint density at radius 1 is 1.40 bits per heavy atom. The number of nitrogens with one attached hydrogen (secondary N) is 1. The molecule has 0 aliphatic rings. The van der Waals surface area contributed by atoms with E-state index in [1.807, 2.05) is 0 Å². The average Bonchev–Trinajstić information content (AvgIpc) is 2.56. The molecule has 1 unspecified atom stereocenters. The first-order valence-electron chi connectivity index (χ1n) is 5.52. The van der Waals surface area contributed by atoms with Gasteiger partial charge >= 0.3 is 0 Å². The van der Waals surface area contributed by atoms with Crippen LogP contribution in [0.1, 0.15) is 23.2 Å². The Bertz CT molecular complexity index is 717. The Balaban J connectivity index is 2.90. The SMILES string of the molecule is Cc1oc(C(=O)NC(C)CS(C)(=O)=O)cc1S(N)(=O)=O. The van der Waals surface area contributed by atoms with Crippen molar-refractivity contribution in [3.8, 4) is 0 Å². The van der Waals surface area contributed by atoms with Crippen LogP contribution in [0.4, 0.5) is 0 Å². The second-order valence-electron chi connectivity index (χ2n) is 4.54. The van der Waals surface area contributed by atoms with Crippen molar-refractivity contribution in [2.24, 2.45) is 5.14 Å². The highest BCUT2D eigenvalue weighted by Gasteiger charge is 2.22. The number of rotatable bonds is 5. The van der Waals surface area contributed by atoms with Crippen molar-refractivity contribution in [2.75, 3.05) is 12.0 Å². The van der Waals surface area contributed by atoms with Gasteiger partial charge in [-0.05, 0) is 13.8 Å². The summed E-state index contributed by atoms with van der Waals surface area (Å²) in [6, 6.07) is 0.369. The zero-order chi connectivity index (χ0) is 15.7. The molecule has 1 heterocycles. The highest BCUT2D eigenvalue weighted by molar-refractivity contribution is 7.90. The van der Waals surface area contributed by atoms with Crippen LogP contribution in [0.2, 0.25) is 0 Å². The van der Waals surface area contributed by atoms with Crippen molar-refractivity contribution in [3.05, 3.63) is 17.6 Å². The number of hydrogen-bond acceptors (Lipinski definition) is 6. The summed E-state index contributed by atoms with van der Waals surface area (Å²) in [4.78, 5) is 11.5. The molecule has 114 valence electrons. The summed E-state index contributed by atoms with van der Waals surface area (Å²) in [5, 5.41) is 7.35. The van der Waals surface area contributed by atoms with Crippen LogP contribution in [0.25, 0.3) is 0 Å². The number of carbonyl (C=O) groups is 1. The fraction of sp³-hybridized carbons (Fsp3) is 0.500. The van der Waals surface area contributed by atoms with E-state index in [9.17, 15) is 21.6 Å². The van der Waals surface area contributed by atoms with Crippen LogP contribution in [-0.2, 0) is 19.9 Å². The fourth-order valence-electron chi connectivity index (χ4n) is 1.65. The number of hydrogen-bond donors (Lipinski definition) is 2. The normalized spacial score (nSPS) is 14.0. The molecular weight excluding hydrogens is 308 g/mol. The molecule has 0 aliphatic carbocycles. The molecule has 0 fully saturated rings. The minimum atomic E-state index is -3.97. The molecule has 0 aliphatic heterocycles. The number of nitrogens with two attached hydrogens (primary N) is 1. The summed E-state index contributed by atoms with van der Waals surface area (Å²) >= 11 is 0. The van der Waals surface area contributed by atoms with Crippen molar-refractivity contribution < 1.29 is 26.0 Å². The van der Waals surface area contributed by atoms with Gasteiger partial charge < -0.3 is 9.73 Å². The number of amides is 1. The molecule has 0 aromatic carbocycles. The van der Waals surface area contributed by atoms with Crippen molar-refractivity contribution in [1.82, 2.24) is 5.32 Å². The molecule has 1 amide bonds. The quantitative estimate of drug-likeness (QED) is 0.742. The average molecular weight is 324 g/mol. The van der Waals surface area contributed by atoms with Gasteiger partial charge in [-0.15, -0.1) is 0 Å². The third-order valence-electron chi connectivity index (χ3n) is 2.33. The minimum Gasteiger partial charge on any atom is -0.455 e. The topological polar surface area (TPSA) is 137 Å². The van der Waals surface area contributed by atoms with Crippen LogP contribution in [0, 0.1) is 6.92 Å². The largest absolute Gasteiger partial charge is 0.455 e. The Morgan fingerprint density at radius 3 is 2.35 bits per heavy atom. The summed E-state index contributed by atoms with van der Waals surface area (Å²) in [6.07, 6.45) is 1.05. The third-order valence-corrected chi connectivity index (χ3v) is 4.46. The van der Waals surface area contributed by atoms with Crippen LogP contribution in [-0.4, -0.2) is 40.8 Å². The Morgan fingerprint density at radius 2 is 1.95 bits per heavy atom. The van der Waals surface area contributed by atoms with Crippen molar-refractivity contribution in [2.45, 2.75) is 24.8 Å². The van der Waals surface area contributed by atoms with E-state index in [2.05, 4.69) is 5.32 Å². The predicted molar refractivity (Wildman–Crippen MR) is 71.5 cm³/mol. The molecule has 3 N–H and O–H groups in total. The standard InChI is InChI=1S/C10H16N2O6S2/c1-6(5-19(3,14)15)12-10(13)8-4-9(7(2)18-8)20(11,16)17/h4,6H,5H2,1-3H3,(H,12,13)(H2,11,16,17). The van der Waals surface area contributed by atoms with E-state index in [1.54, 1.807) is 0 Å². The van der Waals surface area contributed by atoms with Gasteiger partial charge in [-0.2, -0.15) is 0 Å². The van der Waals surface area contributed by atoms with Crippen LogP contribution < -0.4 is 10.5 Å². The van der Waals surface area contributed by atoms with Gasteiger partial charge in [0.15, 0.2) is 5.76 Å². The van der Waals surface area contributed by atoms with Gasteiger partial charge in [0.1, 0.15) is 20.5 Å². The first kappa shape index (κ1) is 16.7. The number of sulfone groups is 1. The molecule has 1 aromatic rings. The second-order valence-corrected chi connectivity index (χ2v) is 8.26. The molecule has 1 rings (SSSR count). The molecule has 10 heteroatoms. The molecular formula is C10H16N2O6S2. The maximum Gasteiger partial charge on any atom is 0.287 e. The summed E-state index contributed by atoms with van der Waals surface area (Å²) in [7, 11) is -7.21. The zero-order valence-electron chi connectivity index (χ0n) is 11.2. The maximum absolute atomic E-state index is 11.8. The highest BCUT2D eigenvalue weighted by atomic mass is 32.2. The first-order chi connectivity index (χ1) is 8.90. The van der Waals surface area contributed by atoms with Gasteiger partial charge in [0, 0.05) is 18.4 Å². The lowest BCUT2D eigenvalue weighted by atomic mass is 10.3. The van der Waals surface area contributed by atoms with Crippen LogP contribution in [0.3, 0.4) is 0 Å². The van der Waals surface area contributed by atoms with Crippen LogP contribution >= 0.6 is 0 Å². The maximum atomic E-state index is 11.8. The Labute approximate surface area is 117 Å². The summed E-state index contributed by atoms with van der Waals surface area (Å²) in [6.45, 7) is 2.87. The van der Waals surface area contributed by atoms with E-state index in [0.717, 1.165) is 12.3 Å². The Hall–Kier alpha value is -1.39. The lowest BCUT2D eigenvalue weighted by Crippen LogP contribution is -2.37. The number of sulfonamides is 1. The van der Waals surface area contributed by atoms with E-state index in [4.69, 9.17) is 9.56 Å². The molecule has 8 nitrogen and oxygen atoms in total. The summed E-state index contributed by atoms with van der Waals surface area (Å²) in [5.41, 5.74) is 0. The van der Waals surface area contributed by atoms with E-state index >= 15 is 0 Å². The van der Waals surface area contributed by atoms with Gasteiger partial charge in [0.05, 0.1) is 5.75 Å². The predicted octanol–water partition coefficient (Wildman–Crippen LogP) is -0.602. The number of carbonyl (C=O) groups excluding carboxylic acids is 1. The summed E-state index contributed by atoms with van der Waals surface area (Å²) in [5.74, 6) is -1.19. The van der Waals surface area contributed by atoms with Gasteiger partial charge in [0.2, 0.25) is 10.0 Å². The van der Waals surface area contributed by atoms with Crippen LogP contribution in [0.15, 0.2) is 15.4 Å². The molecule has 0 saturated carbocycles. The number of primary sulfonamides is 1. The smallest absolute Gasteiger partial charge is 0.287 e. The lowest BCUT2D eigenvalue weighted by Gasteiger charge is -2.11. The highest BCUT2D eigenvalue weighted by Crippen LogP contribution is 2.18. The van der Waals surface area contributed by atoms with Crippen molar-refractivity contribution in [1.29, 1.82) is 0 Å². The molecule has 1 atom stereocenters. The van der Waals surface area contributed by atoms with Gasteiger partial charge in [-0.1, -0.05) is 0 Å². The van der Waals surface area contributed by atoms with Crippen molar-refractivity contribution in [3.63, 3.8) is 0 Å². The van der Waals surface area contributed by atoms with E-state index < -0.39 is 31.8 Å². The zero-order valence-corrected chi connectivity index (χ0v) is 12.8.